The fourth-order valence-corrected chi connectivity index (χ4v) is 2.71. The molecule has 0 spiro atoms. The second kappa shape index (κ2) is 7.34. The topological polar surface area (TPSA) is 111 Å². The lowest BCUT2D eigenvalue weighted by Gasteiger charge is -2.27. The van der Waals surface area contributed by atoms with E-state index in [1.807, 2.05) is 0 Å². The minimum Gasteiger partial charge on any atom is -0.444 e. The number of nitrogens with zero attached hydrogens (tertiary/aromatic N) is 2. The molecule has 120 valence electrons. The van der Waals surface area contributed by atoms with Crippen LogP contribution in [0.2, 0.25) is 0 Å². The Balaban J connectivity index is 2.46. The molecule has 21 heavy (non-hydrogen) atoms. The molecule has 1 heterocycles. The summed E-state index contributed by atoms with van der Waals surface area (Å²) in [7, 11) is 0. The van der Waals surface area contributed by atoms with E-state index in [1.165, 1.54) is 16.7 Å². The van der Waals surface area contributed by atoms with Gasteiger partial charge in [-0.15, -0.1) is 21.9 Å². The van der Waals surface area contributed by atoms with Gasteiger partial charge in [-0.2, -0.15) is 0 Å². The summed E-state index contributed by atoms with van der Waals surface area (Å²) in [5, 5.41) is 11.5. The first-order valence-corrected chi connectivity index (χ1v) is 7.48. The van der Waals surface area contributed by atoms with Gasteiger partial charge in [-0.05, 0) is 20.8 Å². The summed E-state index contributed by atoms with van der Waals surface area (Å²) in [5.74, 6) is 0.456. The van der Waals surface area contributed by atoms with Gasteiger partial charge >= 0.3 is 6.09 Å². The first-order chi connectivity index (χ1) is 9.70. The molecule has 1 aliphatic heterocycles. The van der Waals surface area contributed by atoms with Crippen LogP contribution in [0.5, 0.6) is 0 Å². The number of hydrogen-bond donors (Lipinski definition) is 1. The van der Waals surface area contributed by atoms with Crippen molar-refractivity contribution in [3.63, 3.8) is 0 Å². The van der Waals surface area contributed by atoms with Crippen molar-refractivity contribution < 1.29 is 24.3 Å². The van der Waals surface area contributed by atoms with Gasteiger partial charge in [0.05, 0.1) is 5.88 Å². The van der Waals surface area contributed by atoms with Gasteiger partial charge in [0.15, 0.2) is 0 Å². The Bertz CT molecular complexity index is 411. The van der Waals surface area contributed by atoms with Crippen LogP contribution in [0.1, 0.15) is 20.8 Å². The van der Waals surface area contributed by atoms with Gasteiger partial charge < -0.3 is 14.9 Å². The third kappa shape index (κ3) is 6.06. The Morgan fingerprint density at radius 2 is 2.14 bits per heavy atom. The van der Waals surface area contributed by atoms with Crippen LogP contribution in [0.15, 0.2) is 0 Å². The Morgan fingerprint density at radius 3 is 2.71 bits per heavy atom. The van der Waals surface area contributed by atoms with Gasteiger partial charge in [0, 0.05) is 12.3 Å². The molecule has 1 aliphatic rings. The molecule has 10 heteroatoms. The molecule has 0 aromatic rings. The lowest BCUT2D eigenvalue weighted by atomic mass is 10.2. The molecule has 1 N–H and O–H groups in total. The number of carbonyl (C=O) groups is 2. The van der Waals surface area contributed by atoms with Crippen molar-refractivity contribution in [1.82, 2.24) is 10.2 Å². The van der Waals surface area contributed by atoms with Crippen molar-refractivity contribution in [1.29, 1.82) is 0 Å². The quantitative estimate of drug-likeness (QED) is 0.449. The summed E-state index contributed by atoms with van der Waals surface area (Å²) >= 11 is 1.44. The maximum Gasteiger partial charge on any atom is 0.411 e. The second-order valence-electron chi connectivity index (χ2n) is 5.31. The first kappa shape index (κ1) is 17.3. The van der Waals surface area contributed by atoms with Crippen molar-refractivity contribution >= 4 is 23.8 Å². The Labute approximate surface area is 126 Å². The van der Waals surface area contributed by atoms with E-state index in [4.69, 9.17) is 4.74 Å². The number of carbonyl (C=O) groups excluding carboxylic acids is 2. The zero-order valence-electron chi connectivity index (χ0n) is 12.2. The average Bonchev–Trinajstić information content (AvgIpc) is 2.81. The molecule has 0 saturated carbocycles. The summed E-state index contributed by atoms with van der Waals surface area (Å²) in [5.41, 5.74) is -0.634. The highest BCUT2D eigenvalue weighted by Gasteiger charge is 2.36. The van der Waals surface area contributed by atoms with Crippen LogP contribution in [0.25, 0.3) is 0 Å². The van der Waals surface area contributed by atoms with Gasteiger partial charge in [-0.1, -0.05) is 0 Å². The van der Waals surface area contributed by atoms with E-state index in [9.17, 15) is 19.7 Å². The maximum absolute atomic E-state index is 12.0. The lowest BCUT2D eigenvalue weighted by molar-refractivity contribution is -0.757. The fourth-order valence-electron chi connectivity index (χ4n) is 1.57. The number of hydrogen-bond acceptors (Lipinski definition) is 7. The zero-order chi connectivity index (χ0) is 16.0. The number of thioether (sulfide) groups is 1. The smallest absolute Gasteiger partial charge is 0.411 e. The average molecular weight is 321 g/mol. The van der Waals surface area contributed by atoms with Crippen LogP contribution in [0.4, 0.5) is 4.79 Å². The minimum absolute atomic E-state index is 0.00311. The van der Waals surface area contributed by atoms with Crippen molar-refractivity contribution in [2.24, 2.45) is 0 Å². The molecule has 1 fully saturated rings. The highest BCUT2D eigenvalue weighted by molar-refractivity contribution is 7.99. The summed E-state index contributed by atoms with van der Waals surface area (Å²) in [6.45, 7) is 5.02. The standard InChI is InChI=1S/C11H19N3O6S/c1-11(2,3)20-10(16)13-7-21-6-8(13)9(15)12-4-5-19-14(17)18/h8H,4-7H2,1-3H3,(H,12,15)/t8-/m0/s1. The number of rotatable bonds is 5. The highest BCUT2D eigenvalue weighted by atomic mass is 32.2. The first-order valence-electron chi connectivity index (χ1n) is 6.33. The van der Waals surface area contributed by atoms with Gasteiger partial charge in [0.25, 0.3) is 5.09 Å². The predicted octanol–water partition coefficient (Wildman–Crippen LogP) is 0.621. The van der Waals surface area contributed by atoms with Crippen LogP contribution in [0, 0.1) is 10.1 Å². The molecule has 1 saturated heterocycles. The molecular weight excluding hydrogens is 302 g/mol. The van der Waals surface area contributed by atoms with E-state index in [0.29, 0.717) is 11.6 Å². The number of nitrogens with one attached hydrogen (secondary N) is 1. The SMILES string of the molecule is CC(C)(C)OC(=O)N1CSC[C@H]1C(=O)NCCO[N+](=O)[O-]. The second-order valence-corrected chi connectivity index (χ2v) is 6.31. The molecule has 2 amide bonds. The molecule has 0 aromatic carbocycles. The fraction of sp³-hybridized carbons (Fsp3) is 0.818. The van der Waals surface area contributed by atoms with Crippen LogP contribution in [-0.2, 0) is 14.4 Å². The molecule has 1 atom stereocenters. The molecular formula is C11H19N3O6S. The Morgan fingerprint density at radius 1 is 1.48 bits per heavy atom. The van der Waals surface area contributed by atoms with Crippen LogP contribution in [0.3, 0.4) is 0 Å². The Kier molecular flexibility index (Phi) is 6.06. The number of ether oxygens (including phenoxy) is 1. The Hall–Kier alpha value is -1.71. The molecule has 0 unspecified atom stereocenters. The summed E-state index contributed by atoms with van der Waals surface area (Å²) in [4.78, 5) is 39.4. The van der Waals surface area contributed by atoms with E-state index in [1.54, 1.807) is 20.8 Å². The van der Waals surface area contributed by atoms with Gasteiger partial charge in [0.1, 0.15) is 18.2 Å². The molecule has 9 nitrogen and oxygen atoms in total. The third-order valence-corrected chi connectivity index (χ3v) is 3.42. The van der Waals surface area contributed by atoms with Crippen molar-refractivity contribution in [3.8, 4) is 0 Å². The molecule has 0 bridgehead atoms. The van der Waals surface area contributed by atoms with Crippen LogP contribution >= 0.6 is 11.8 Å². The van der Waals surface area contributed by atoms with Crippen LogP contribution in [-0.4, -0.2) is 58.4 Å². The highest BCUT2D eigenvalue weighted by Crippen LogP contribution is 2.23. The van der Waals surface area contributed by atoms with Crippen molar-refractivity contribution in [3.05, 3.63) is 10.1 Å². The predicted molar refractivity (Wildman–Crippen MR) is 75.1 cm³/mol. The van der Waals surface area contributed by atoms with Gasteiger partial charge in [0.2, 0.25) is 5.91 Å². The normalized spacial score (nSPS) is 18.2. The minimum atomic E-state index is -0.926. The van der Waals surface area contributed by atoms with E-state index >= 15 is 0 Å². The third-order valence-electron chi connectivity index (χ3n) is 2.41. The van der Waals surface area contributed by atoms with Crippen molar-refractivity contribution in [2.45, 2.75) is 32.4 Å². The van der Waals surface area contributed by atoms with Crippen LogP contribution < -0.4 is 5.32 Å². The number of amides is 2. The van der Waals surface area contributed by atoms with Crippen molar-refractivity contribution in [2.75, 3.05) is 24.8 Å². The summed E-state index contributed by atoms with van der Waals surface area (Å²) < 4.78 is 5.24. The molecule has 1 rings (SSSR count). The zero-order valence-corrected chi connectivity index (χ0v) is 13.0. The van der Waals surface area contributed by atoms with E-state index in [2.05, 4.69) is 10.2 Å². The summed E-state index contributed by atoms with van der Waals surface area (Å²) in [6, 6.07) is -0.638. The largest absolute Gasteiger partial charge is 0.444 e. The van der Waals surface area contributed by atoms with E-state index < -0.39 is 22.8 Å². The maximum atomic E-state index is 12.0. The van der Waals surface area contributed by atoms with Gasteiger partial charge in [-0.3, -0.25) is 9.69 Å². The summed E-state index contributed by atoms with van der Waals surface area (Å²) in [6.07, 6.45) is -0.547. The molecule has 0 radical (unpaired) electrons. The lowest BCUT2D eigenvalue weighted by Crippen LogP contribution is -2.49. The van der Waals surface area contributed by atoms with E-state index in [-0.39, 0.29) is 19.1 Å². The van der Waals surface area contributed by atoms with Gasteiger partial charge in [-0.25, -0.2) is 4.79 Å². The monoisotopic (exact) mass is 321 g/mol. The molecule has 0 aliphatic carbocycles. The molecule has 0 aromatic heterocycles. The van der Waals surface area contributed by atoms with E-state index in [0.717, 1.165) is 0 Å².